The van der Waals surface area contributed by atoms with Crippen LogP contribution in [0.3, 0.4) is 0 Å². The summed E-state index contributed by atoms with van der Waals surface area (Å²) in [6.07, 6.45) is 2.52. The minimum atomic E-state index is -0.620. The van der Waals surface area contributed by atoms with Gasteiger partial charge in [0, 0.05) is 17.7 Å². The number of hydrogen-bond acceptors (Lipinski definition) is 5. The van der Waals surface area contributed by atoms with E-state index in [1.54, 1.807) is 41.3 Å². The lowest BCUT2D eigenvalue weighted by atomic mass is 9.68. The number of allylic oxidation sites excluding steroid dienone is 3. The second-order valence-electron chi connectivity index (χ2n) is 9.10. The highest BCUT2D eigenvalue weighted by atomic mass is 19.1. The van der Waals surface area contributed by atoms with Crippen LogP contribution in [0, 0.1) is 22.6 Å². The predicted molar refractivity (Wildman–Crippen MR) is 126 cm³/mol. The SMILES string of the molecule is C=CCOc1ccc([C@H]2C(C#N)=C(N)N(c3ccccc3F)C3=C2C(=O)CC(C)(C)C3)cc1. The quantitative estimate of drug-likeness (QED) is 0.632. The van der Waals surface area contributed by atoms with Crippen molar-refractivity contribution < 1.29 is 13.9 Å². The van der Waals surface area contributed by atoms with Crippen LogP contribution in [0.2, 0.25) is 0 Å². The van der Waals surface area contributed by atoms with Crippen LogP contribution in [-0.2, 0) is 4.79 Å². The number of para-hydroxylation sites is 1. The number of hydrogen-bond donors (Lipinski definition) is 1. The molecule has 1 aliphatic heterocycles. The summed E-state index contributed by atoms with van der Waals surface area (Å²) >= 11 is 0. The number of Topliss-reactive ketones (excluding diaryl/α,β-unsaturated/α-hetero) is 1. The largest absolute Gasteiger partial charge is 0.490 e. The molecule has 2 aromatic carbocycles. The highest BCUT2D eigenvalue weighted by Gasteiger charge is 2.45. The van der Waals surface area contributed by atoms with Crippen molar-refractivity contribution in [2.75, 3.05) is 11.5 Å². The van der Waals surface area contributed by atoms with Gasteiger partial charge in [0.15, 0.2) is 5.78 Å². The van der Waals surface area contributed by atoms with Gasteiger partial charge in [0.2, 0.25) is 0 Å². The summed E-state index contributed by atoms with van der Waals surface area (Å²) in [7, 11) is 0. The Labute approximate surface area is 193 Å². The molecule has 0 spiro atoms. The number of nitrogens with two attached hydrogens (primary N) is 1. The van der Waals surface area contributed by atoms with Crippen molar-refractivity contribution >= 4 is 11.5 Å². The Hall–Kier alpha value is -3.85. The third-order valence-electron chi connectivity index (χ3n) is 6.06. The molecule has 1 aliphatic carbocycles. The molecular weight excluding hydrogens is 417 g/mol. The first kappa shape index (κ1) is 22.3. The molecular formula is C27H26FN3O2. The van der Waals surface area contributed by atoms with Crippen LogP contribution >= 0.6 is 0 Å². The third-order valence-corrected chi connectivity index (χ3v) is 6.06. The van der Waals surface area contributed by atoms with E-state index in [2.05, 4.69) is 12.6 Å². The second kappa shape index (κ2) is 8.59. The number of nitriles is 1. The predicted octanol–water partition coefficient (Wildman–Crippen LogP) is 5.33. The minimum absolute atomic E-state index is 0.0557. The molecule has 0 saturated carbocycles. The summed E-state index contributed by atoms with van der Waals surface area (Å²) in [6.45, 7) is 8.04. The zero-order valence-electron chi connectivity index (χ0n) is 18.8. The van der Waals surface area contributed by atoms with Gasteiger partial charge in [-0.15, -0.1) is 0 Å². The molecule has 1 heterocycles. The number of benzene rings is 2. The highest BCUT2D eigenvalue weighted by Crippen LogP contribution is 2.50. The Balaban J connectivity index is 1.92. The summed E-state index contributed by atoms with van der Waals surface area (Å²) in [5.74, 6) is -0.348. The van der Waals surface area contributed by atoms with Crippen LogP contribution in [0.4, 0.5) is 10.1 Å². The second-order valence-corrected chi connectivity index (χ2v) is 9.10. The standard InChI is InChI=1S/C27H26FN3O2/c1-4-13-33-18-11-9-17(10-12-18)24-19(16-29)26(30)31(21-8-6-5-7-20(21)28)22-14-27(2,3)15-23(32)25(22)24/h4-12,24H,1,13-15,30H2,2-3H3/t24-/m0/s1. The van der Waals surface area contributed by atoms with Gasteiger partial charge in [0.25, 0.3) is 0 Å². The molecule has 33 heavy (non-hydrogen) atoms. The van der Waals surface area contributed by atoms with Gasteiger partial charge in [-0.3, -0.25) is 9.69 Å². The lowest BCUT2D eigenvalue weighted by molar-refractivity contribution is -0.118. The summed E-state index contributed by atoms with van der Waals surface area (Å²) in [6, 6.07) is 15.7. The molecule has 0 unspecified atom stereocenters. The first-order valence-corrected chi connectivity index (χ1v) is 10.8. The minimum Gasteiger partial charge on any atom is -0.490 e. The van der Waals surface area contributed by atoms with Gasteiger partial charge < -0.3 is 10.5 Å². The van der Waals surface area contributed by atoms with E-state index >= 15 is 0 Å². The molecule has 0 bridgehead atoms. The number of carbonyl (C=O) groups is 1. The molecule has 2 N–H and O–H groups in total. The maximum absolute atomic E-state index is 14.9. The van der Waals surface area contributed by atoms with Crippen molar-refractivity contribution in [3.8, 4) is 11.8 Å². The maximum Gasteiger partial charge on any atom is 0.162 e. The van der Waals surface area contributed by atoms with E-state index in [-0.39, 0.29) is 28.3 Å². The molecule has 1 atom stereocenters. The van der Waals surface area contributed by atoms with Gasteiger partial charge in [0.05, 0.1) is 23.2 Å². The molecule has 0 saturated heterocycles. The average molecular weight is 444 g/mol. The highest BCUT2D eigenvalue weighted by molar-refractivity contribution is 6.01. The molecule has 0 aromatic heterocycles. The molecule has 2 aromatic rings. The fraction of sp³-hybridized carbons (Fsp3) is 0.259. The van der Waals surface area contributed by atoms with Crippen molar-refractivity contribution in [2.24, 2.45) is 11.1 Å². The van der Waals surface area contributed by atoms with Crippen molar-refractivity contribution in [1.82, 2.24) is 0 Å². The van der Waals surface area contributed by atoms with Gasteiger partial charge in [0.1, 0.15) is 24.0 Å². The smallest absolute Gasteiger partial charge is 0.162 e. The van der Waals surface area contributed by atoms with Gasteiger partial charge >= 0.3 is 0 Å². The zero-order valence-corrected chi connectivity index (χ0v) is 18.8. The Morgan fingerprint density at radius 3 is 2.58 bits per heavy atom. The van der Waals surface area contributed by atoms with E-state index in [9.17, 15) is 14.4 Å². The maximum atomic E-state index is 14.9. The van der Waals surface area contributed by atoms with Crippen molar-refractivity contribution in [3.63, 3.8) is 0 Å². The molecule has 6 heteroatoms. The van der Waals surface area contributed by atoms with Crippen LogP contribution < -0.4 is 15.4 Å². The Morgan fingerprint density at radius 1 is 1.24 bits per heavy atom. The van der Waals surface area contributed by atoms with Crippen LogP contribution in [-0.4, -0.2) is 12.4 Å². The van der Waals surface area contributed by atoms with Crippen LogP contribution in [0.5, 0.6) is 5.75 Å². The van der Waals surface area contributed by atoms with Crippen LogP contribution in [0.15, 0.2) is 83.9 Å². The normalized spacial score (nSPS) is 19.8. The summed E-state index contributed by atoms with van der Waals surface area (Å²) in [5, 5.41) is 10.1. The molecule has 0 amide bonds. The van der Waals surface area contributed by atoms with E-state index in [0.29, 0.717) is 36.5 Å². The molecule has 4 rings (SSSR count). The average Bonchev–Trinajstić information content (AvgIpc) is 2.77. The van der Waals surface area contributed by atoms with E-state index in [0.717, 1.165) is 5.56 Å². The van der Waals surface area contributed by atoms with Crippen molar-refractivity contribution in [3.05, 3.63) is 95.2 Å². The Kier molecular flexibility index (Phi) is 5.82. The first-order chi connectivity index (χ1) is 15.8. The van der Waals surface area contributed by atoms with E-state index < -0.39 is 11.7 Å². The van der Waals surface area contributed by atoms with Gasteiger partial charge in [-0.05, 0) is 41.7 Å². The van der Waals surface area contributed by atoms with Gasteiger partial charge in [-0.25, -0.2) is 4.39 Å². The monoisotopic (exact) mass is 443 g/mol. The van der Waals surface area contributed by atoms with Crippen molar-refractivity contribution in [2.45, 2.75) is 32.6 Å². The first-order valence-electron chi connectivity index (χ1n) is 10.8. The lowest BCUT2D eigenvalue weighted by Crippen LogP contribution is -2.42. The lowest BCUT2D eigenvalue weighted by Gasteiger charge is -2.43. The number of halogens is 1. The summed E-state index contributed by atoms with van der Waals surface area (Å²) in [4.78, 5) is 15.0. The van der Waals surface area contributed by atoms with Crippen LogP contribution in [0.1, 0.15) is 38.2 Å². The van der Waals surface area contributed by atoms with Crippen LogP contribution in [0.25, 0.3) is 0 Å². The summed E-state index contributed by atoms with van der Waals surface area (Å²) < 4.78 is 20.4. The Morgan fingerprint density at radius 2 is 1.94 bits per heavy atom. The molecule has 0 radical (unpaired) electrons. The molecule has 168 valence electrons. The zero-order chi connectivity index (χ0) is 23.8. The molecule has 5 nitrogen and oxygen atoms in total. The number of nitrogens with zero attached hydrogens (tertiary/aromatic N) is 2. The fourth-order valence-electron chi connectivity index (χ4n) is 4.66. The topological polar surface area (TPSA) is 79.3 Å². The number of ether oxygens (including phenoxy) is 1. The third kappa shape index (κ3) is 4.03. The fourth-order valence-corrected chi connectivity index (χ4v) is 4.66. The summed E-state index contributed by atoms with van der Waals surface area (Å²) in [5.41, 5.74) is 8.58. The molecule has 0 fully saturated rings. The van der Waals surface area contributed by atoms with Gasteiger partial charge in [-0.1, -0.05) is 50.8 Å². The Bertz CT molecular complexity index is 1220. The number of anilines is 1. The number of carbonyl (C=O) groups excluding carboxylic acids is 1. The number of ketones is 1. The van der Waals surface area contributed by atoms with E-state index in [1.165, 1.54) is 6.07 Å². The van der Waals surface area contributed by atoms with Crippen molar-refractivity contribution in [1.29, 1.82) is 5.26 Å². The van der Waals surface area contributed by atoms with E-state index in [1.807, 2.05) is 26.0 Å². The van der Waals surface area contributed by atoms with Gasteiger partial charge in [-0.2, -0.15) is 5.26 Å². The van der Waals surface area contributed by atoms with E-state index in [4.69, 9.17) is 10.5 Å². The number of rotatable bonds is 5. The molecule has 2 aliphatic rings.